The van der Waals surface area contributed by atoms with Gasteiger partial charge in [-0.3, -0.25) is 4.79 Å². The lowest BCUT2D eigenvalue weighted by Gasteiger charge is -2.20. The molecule has 0 spiro atoms. The quantitative estimate of drug-likeness (QED) is 0.492. The van der Waals surface area contributed by atoms with Crippen LogP contribution in [0.5, 0.6) is 5.75 Å². The zero-order chi connectivity index (χ0) is 24.2. The minimum Gasteiger partial charge on any atom is -0.496 e. The third kappa shape index (κ3) is 5.90. The van der Waals surface area contributed by atoms with Gasteiger partial charge in [-0.15, -0.1) is 0 Å². The normalized spacial score (nSPS) is 12.4. The first kappa shape index (κ1) is 24.7. The van der Waals surface area contributed by atoms with Crippen LogP contribution >= 0.6 is 11.6 Å². The Labute approximate surface area is 198 Å². The SMILES string of the molecule is COc1ccc(C(=O)N[C@@H](C)c2ccc(F)cc2)cc1CN(C)S(=O)(=O)c1ccc(Cl)cc1. The molecule has 3 aromatic carbocycles. The molecule has 0 aliphatic carbocycles. The predicted molar refractivity (Wildman–Crippen MR) is 125 cm³/mol. The van der Waals surface area contributed by atoms with Crippen molar-refractivity contribution in [1.82, 2.24) is 9.62 Å². The molecule has 33 heavy (non-hydrogen) atoms. The molecule has 0 unspecified atom stereocenters. The average molecular weight is 491 g/mol. The smallest absolute Gasteiger partial charge is 0.251 e. The van der Waals surface area contributed by atoms with E-state index >= 15 is 0 Å². The Kier molecular flexibility index (Phi) is 7.73. The summed E-state index contributed by atoms with van der Waals surface area (Å²) >= 11 is 5.86. The number of nitrogens with zero attached hydrogens (tertiary/aromatic N) is 1. The minimum atomic E-state index is -3.78. The fourth-order valence-electron chi connectivity index (χ4n) is 3.27. The standard InChI is InChI=1S/C24H24ClFN2O4S/c1-16(17-4-9-21(26)10-5-17)27-24(29)18-6-13-23(32-3)19(14-18)15-28(2)33(30,31)22-11-7-20(25)8-12-22/h4-14,16H,15H2,1-3H3,(H,27,29)/t16-/m0/s1. The summed E-state index contributed by atoms with van der Waals surface area (Å²) in [5, 5.41) is 3.30. The predicted octanol–water partition coefficient (Wildman–Crippen LogP) is 4.80. The molecule has 9 heteroatoms. The number of nitrogens with one attached hydrogen (secondary N) is 1. The van der Waals surface area contributed by atoms with Gasteiger partial charge < -0.3 is 10.1 Å². The topological polar surface area (TPSA) is 75.7 Å². The van der Waals surface area contributed by atoms with Gasteiger partial charge in [0.05, 0.1) is 18.0 Å². The maximum Gasteiger partial charge on any atom is 0.251 e. The third-order valence-electron chi connectivity index (χ3n) is 5.18. The fourth-order valence-corrected chi connectivity index (χ4v) is 4.54. The van der Waals surface area contributed by atoms with Crippen molar-refractivity contribution in [1.29, 1.82) is 0 Å². The fraction of sp³-hybridized carbons (Fsp3) is 0.208. The van der Waals surface area contributed by atoms with Gasteiger partial charge in [0, 0.05) is 29.7 Å². The lowest BCUT2D eigenvalue weighted by Crippen LogP contribution is -2.28. The van der Waals surface area contributed by atoms with Crippen LogP contribution < -0.4 is 10.1 Å². The Bertz CT molecular complexity index is 1230. The lowest BCUT2D eigenvalue weighted by molar-refractivity contribution is 0.0939. The monoisotopic (exact) mass is 490 g/mol. The Morgan fingerprint density at radius 3 is 2.33 bits per heavy atom. The number of benzene rings is 3. The molecule has 0 fully saturated rings. The molecule has 0 saturated carbocycles. The number of hydrogen-bond donors (Lipinski definition) is 1. The maximum atomic E-state index is 13.2. The second-order valence-electron chi connectivity index (χ2n) is 7.49. The molecule has 0 saturated heterocycles. The Hall–Kier alpha value is -2.94. The Balaban J connectivity index is 1.80. The van der Waals surface area contributed by atoms with Gasteiger partial charge in [-0.2, -0.15) is 4.31 Å². The van der Waals surface area contributed by atoms with Crippen molar-refractivity contribution in [3.8, 4) is 5.75 Å². The largest absolute Gasteiger partial charge is 0.496 e. The summed E-state index contributed by atoms with van der Waals surface area (Å²) in [6.07, 6.45) is 0. The summed E-state index contributed by atoms with van der Waals surface area (Å²) < 4.78 is 45.6. The molecule has 174 valence electrons. The molecule has 1 atom stereocenters. The van der Waals surface area contributed by atoms with Crippen molar-refractivity contribution < 1.29 is 22.3 Å². The van der Waals surface area contributed by atoms with E-state index in [4.69, 9.17) is 16.3 Å². The Morgan fingerprint density at radius 2 is 1.73 bits per heavy atom. The molecular formula is C24H24ClFN2O4S. The van der Waals surface area contributed by atoms with E-state index < -0.39 is 10.0 Å². The van der Waals surface area contributed by atoms with Crippen molar-refractivity contribution in [3.05, 3.63) is 94.3 Å². The van der Waals surface area contributed by atoms with Crippen LogP contribution in [0.1, 0.15) is 34.5 Å². The number of sulfonamides is 1. The van der Waals surface area contributed by atoms with Crippen molar-refractivity contribution in [3.63, 3.8) is 0 Å². The van der Waals surface area contributed by atoms with Crippen LogP contribution in [0, 0.1) is 5.82 Å². The van der Waals surface area contributed by atoms with Gasteiger partial charge in [-0.05, 0) is 67.1 Å². The second kappa shape index (κ2) is 10.3. The van der Waals surface area contributed by atoms with Gasteiger partial charge in [0.25, 0.3) is 5.91 Å². The van der Waals surface area contributed by atoms with E-state index in [2.05, 4.69) is 5.32 Å². The molecular weight excluding hydrogens is 467 g/mol. The van der Waals surface area contributed by atoms with Gasteiger partial charge in [0.1, 0.15) is 11.6 Å². The summed E-state index contributed by atoms with van der Waals surface area (Å²) in [6.45, 7) is 1.78. The van der Waals surface area contributed by atoms with E-state index in [9.17, 15) is 17.6 Å². The zero-order valence-electron chi connectivity index (χ0n) is 18.4. The van der Waals surface area contributed by atoms with Crippen molar-refractivity contribution in [2.45, 2.75) is 24.4 Å². The van der Waals surface area contributed by atoms with E-state index in [0.717, 1.165) is 5.56 Å². The highest BCUT2D eigenvalue weighted by Gasteiger charge is 2.23. The highest BCUT2D eigenvalue weighted by molar-refractivity contribution is 7.89. The van der Waals surface area contributed by atoms with Crippen LogP contribution in [-0.2, 0) is 16.6 Å². The second-order valence-corrected chi connectivity index (χ2v) is 9.97. The molecule has 3 aromatic rings. The van der Waals surface area contributed by atoms with E-state index in [-0.39, 0.29) is 29.2 Å². The number of ether oxygens (including phenoxy) is 1. The lowest BCUT2D eigenvalue weighted by atomic mass is 10.1. The maximum absolute atomic E-state index is 13.2. The summed E-state index contributed by atoms with van der Waals surface area (Å²) in [5.74, 6) is -0.245. The van der Waals surface area contributed by atoms with Crippen molar-refractivity contribution >= 4 is 27.5 Å². The van der Waals surface area contributed by atoms with Crippen LogP contribution in [0.3, 0.4) is 0 Å². The number of hydrogen-bond acceptors (Lipinski definition) is 4. The van der Waals surface area contributed by atoms with E-state index in [1.54, 1.807) is 37.3 Å². The number of rotatable bonds is 8. The van der Waals surface area contributed by atoms with Gasteiger partial charge in [-0.1, -0.05) is 23.7 Å². The highest BCUT2D eigenvalue weighted by Crippen LogP contribution is 2.25. The Morgan fingerprint density at radius 1 is 1.09 bits per heavy atom. The van der Waals surface area contributed by atoms with Crippen molar-refractivity contribution in [2.24, 2.45) is 0 Å². The first-order valence-corrected chi connectivity index (χ1v) is 11.9. The summed E-state index contributed by atoms with van der Waals surface area (Å²) in [7, 11) is -0.856. The number of carbonyl (C=O) groups is 1. The van der Waals surface area contributed by atoms with Crippen LogP contribution in [0.4, 0.5) is 4.39 Å². The molecule has 0 heterocycles. The molecule has 1 N–H and O–H groups in total. The zero-order valence-corrected chi connectivity index (χ0v) is 20.0. The summed E-state index contributed by atoms with van der Waals surface area (Å²) in [4.78, 5) is 12.9. The molecule has 0 bridgehead atoms. The number of halogens is 2. The van der Waals surface area contributed by atoms with Gasteiger partial charge in [0.15, 0.2) is 0 Å². The average Bonchev–Trinajstić information content (AvgIpc) is 2.79. The number of methoxy groups -OCH3 is 1. The molecule has 3 rings (SSSR count). The third-order valence-corrected chi connectivity index (χ3v) is 7.24. The minimum absolute atomic E-state index is 0.0111. The molecule has 0 aliphatic heterocycles. The molecule has 1 amide bonds. The number of amides is 1. The van der Waals surface area contributed by atoms with Crippen molar-refractivity contribution in [2.75, 3.05) is 14.2 Å². The van der Waals surface area contributed by atoms with Crippen LogP contribution in [0.2, 0.25) is 5.02 Å². The van der Waals surface area contributed by atoms with Gasteiger partial charge in [0.2, 0.25) is 10.0 Å². The molecule has 6 nitrogen and oxygen atoms in total. The molecule has 0 aromatic heterocycles. The van der Waals surface area contributed by atoms with Gasteiger partial charge >= 0.3 is 0 Å². The van der Waals surface area contributed by atoms with E-state index in [0.29, 0.717) is 21.9 Å². The highest BCUT2D eigenvalue weighted by atomic mass is 35.5. The first-order chi connectivity index (χ1) is 15.6. The first-order valence-electron chi connectivity index (χ1n) is 10.1. The number of carbonyl (C=O) groups excluding carboxylic acids is 1. The van der Waals surface area contributed by atoms with Gasteiger partial charge in [-0.25, -0.2) is 12.8 Å². The van der Waals surface area contributed by atoms with E-state index in [1.165, 1.54) is 54.9 Å². The summed E-state index contributed by atoms with van der Waals surface area (Å²) in [5.41, 5.74) is 1.63. The molecule has 0 radical (unpaired) electrons. The van der Waals surface area contributed by atoms with Crippen LogP contribution in [-0.4, -0.2) is 32.8 Å². The molecule has 0 aliphatic rings. The summed E-state index contributed by atoms with van der Waals surface area (Å²) in [6, 6.07) is 16.2. The van der Waals surface area contributed by atoms with Crippen LogP contribution in [0.15, 0.2) is 71.6 Å². The van der Waals surface area contributed by atoms with Crippen LogP contribution in [0.25, 0.3) is 0 Å². The van der Waals surface area contributed by atoms with E-state index in [1.807, 2.05) is 0 Å².